The highest BCUT2D eigenvalue weighted by atomic mass is 19.4. The van der Waals surface area contributed by atoms with Gasteiger partial charge in [-0.25, -0.2) is 4.79 Å². The van der Waals surface area contributed by atoms with Crippen LogP contribution in [0.15, 0.2) is 30.3 Å². The number of benzene rings is 1. The van der Waals surface area contributed by atoms with Gasteiger partial charge in [0.05, 0.1) is 23.8 Å². The van der Waals surface area contributed by atoms with Crippen molar-refractivity contribution in [3.63, 3.8) is 0 Å². The molecule has 1 unspecified atom stereocenters. The highest BCUT2D eigenvalue weighted by molar-refractivity contribution is 5.95. The van der Waals surface area contributed by atoms with E-state index in [1.54, 1.807) is 62.9 Å². The number of ether oxygens (including phenoxy) is 1. The van der Waals surface area contributed by atoms with Gasteiger partial charge in [-0.3, -0.25) is 19.2 Å². The molecular weight excluding hydrogens is 661 g/mol. The molecule has 50 heavy (non-hydrogen) atoms. The molecule has 2 aliphatic rings. The average Bonchev–Trinajstić information content (AvgIpc) is 3.47. The van der Waals surface area contributed by atoms with Crippen molar-refractivity contribution in [2.45, 2.75) is 90.3 Å². The maximum absolute atomic E-state index is 13.8. The van der Waals surface area contributed by atoms with Gasteiger partial charge >= 0.3 is 12.3 Å². The van der Waals surface area contributed by atoms with Crippen LogP contribution >= 0.6 is 0 Å². The molecule has 0 spiro atoms. The van der Waals surface area contributed by atoms with Crippen molar-refractivity contribution in [3.8, 4) is 0 Å². The second kappa shape index (κ2) is 18.7. The molecule has 0 aromatic heterocycles. The number of likely N-dealkylation sites (tertiary alicyclic amines) is 1. The number of carbonyl (C=O) groups is 6. The number of piperidine rings is 1. The molecule has 5 amide bonds. The molecule has 16 heteroatoms. The second-order valence-electron chi connectivity index (χ2n) is 13.6. The first-order chi connectivity index (χ1) is 23.6. The molecule has 3 rings (SSSR count). The van der Waals surface area contributed by atoms with E-state index >= 15 is 0 Å². The van der Waals surface area contributed by atoms with Gasteiger partial charge < -0.3 is 41.0 Å². The fourth-order valence-electron chi connectivity index (χ4n) is 6.18. The van der Waals surface area contributed by atoms with E-state index in [0.717, 1.165) is 0 Å². The monoisotopic (exact) mass is 710 g/mol. The number of hydrogen-bond acceptors (Lipinski definition) is 8. The van der Waals surface area contributed by atoms with Gasteiger partial charge in [0.25, 0.3) is 0 Å². The summed E-state index contributed by atoms with van der Waals surface area (Å²) in [6, 6.07) is 4.50. The standard InChI is InChI=1S/C34H49F3N6O7/c1-20(2)16-25(30(46)41-27(18-44)28(32(48)39-21(3)4)24-10-13-38-29(24)45)40-31(47)26(17-43-14-11-23(12-15-43)34(35,36)37)42-33(49)50-19-22-8-6-5-7-9-22/h5-9,18,20-21,23-28H,10-17,19H2,1-4H3,(H,38,45)(H,39,48)(H,40,47)(H,41,46)(H,42,49)/t24-,25-,26-,27+,28?/m0/s1. The number of alkyl halides is 3. The Bertz CT molecular complexity index is 1320. The maximum atomic E-state index is 13.8. The van der Waals surface area contributed by atoms with E-state index in [1.165, 1.54) is 0 Å². The molecule has 5 N–H and O–H groups in total. The Labute approximate surface area is 290 Å². The highest BCUT2D eigenvalue weighted by Crippen LogP contribution is 2.34. The average molecular weight is 711 g/mol. The van der Waals surface area contributed by atoms with Crippen LogP contribution in [0.5, 0.6) is 0 Å². The van der Waals surface area contributed by atoms with Crippen LogP contribution < -0.4 is 26.6 Å². The van der Waals surface area contributed by atoms with Crippen LogP contribution in [-0.4, -0.2) is 97.4 Å². The first-order valence-electron chi connectivity index (χ1n) is 17.0. The van der Waals surface area contributed by atoms with Crippen molar-refractivity contribution in [1.29, 1.82) is 0 Å². The van der Waals surface area contributed by atoms with E-state index in [-0.39, 0.29) is 63.9 Å². The van der Waals surface area contributed by atoms with Crippen LogP contribution in [-0.2, 0) is 35.3 Å². The molecule has 5 atom stereocenters. The quantitative estimate of drug-likeness (QED) is 0.162. The molecular formula is C34H49F3N6O7. The number of amides is 5. The Balaban J connectivity index is 1.79. The van der Waals surface area contributed by atoms with E-state index in [4.69, 9.17) is 4.74 Å². The predicted octanol–water partition coefficient (Wildman–Crippen LogP) is 2.05. The molecule has 2 saturated heterocycles. The molecule has 13 nitrogen and oxygen atoms in total. The number of halogens is 3. The van der Waals surface area contributed by atoms with E-state index in [2.05, 4.69) is 26.6 Å². The molecule has 2 heterocycles. The summed E-state index contributed by atoms with van der Waals surface area (Å²) >= 11 is 0. The first-order valence-corrected chi connectivity index (χ1v) is 17.0. The van der Waals surface area contributed by atoms with Crippen LogP contribution in [0.2, 0.25) is 0 Å². The Morgan fingerprint density at radius 2 is 1.56 bits per heavy atom. The van der Waals surface area contributed by atoms with Crippen molar-refractivity contribution in [2.24, 2.45) is 23.7 Å². The lowest BCUT2D eigenvalue weighted by molar-refractivity contribution is -0.185. The number of nitrogens with one attached hydrogen (secondary N) is 5. The summed E-state index contributed by atoms with van der Waals surface area (Å²) in [6.07, 6.45) is -4.87. The lowest BCUT2D eigenvalue weighted by Gasteiger charge is -2.35. The van der Waals surface area contributed by atoms with Gasteiger partial charge in [0, 0.05) is 19.1 Å². The number of carbonyl (C=O) groups excluding carboxylic acids is 6. The SMILES string of the molecule is CC(C)C[C@H](NC(=O)[C@H](CN1CCC(C(F)(F)F)CC1)NC(=O)OCc1ccccc1)C(=O)N[C@H](C=O)C(C(=O)NC(C)C)[C@@H]1CCNC1=O. The molecule has 0 aliphatic carbocycles. The van der Waals surface area contributed by atoms with E-state index in [1.807, 2.05) is 0 Å². The van der Waals surface area contributed by atoms with Crippen molar-refractivity contribution >= 4 is 36.0 Å². The van der Waals surface area contributed by atoms with Crippen molar-refractivity contribution < 1.29 is 46.7 Å². The zero-order valence-electron chi connectivity index (χ0n) is 28.9. The summed E-state index contributed by atoms with van der Waals surface area (Å²) < 4.78 is 45.2. The van der Waals surface area contributed by atoms with Crippen molar-refractivity contribution in [3.05, 3.63) is 35.9 Å². The van der Waals surface area contributed by atoms with Gasteiger partial charge in [0.15, 0.2) is 0 Å². The summed E-state index contributed by atoms with van der Waals surface area (Å²) in [5.74, 6) is -6.31. The van der Waals surface area contributed by atoms with Gasteiger partial charge in [-0.15, -0.1) is 0 Å². The van der Waals surface area contributed by atoms with Crippen LogP contribution in [0.3, 0.4) is 0 Å². The summed E-state index contributed by atoms with van der Waals surface area (Å²) in [4.78, 5) is 80.1. The summed E-state index contributed by atoms with van der Waals surface area (Å²) in [5.41, 5.74) is 0.687. The number of alkyl carbamates (subject to hydrolysis) is 1. The zero-order valence-corrected chi connectivity index (χ0v) is 28.9. The second-order valence-corrected chi connectivity index (χ2v) is 13.6. The van der Waals surface area contributed by atoms with Gasteiger partial charge in [-0.05, 0) is 64.1 Å². The van der Waals surface area contributed by atoms with Gasteiger partial charge in [-0.1, -0.05) is 44.2 Å². The van der Waals surface area contributed by atoms with Crippen LogP contribution in [0, 0.1) is 23.7 Å². The Kier molecular flexibility index (Phi) is 15.0. The third-order valence-electron chi connectivity index (χ3n) is 8.75. The number of rotatable bonds is 16. The van der Waals surface area contributed by atoms with Gasteiger partial charge in [0.2, 0.25) is 23.6 Å². The molecule has 1 aromatic rings. The predicted molar refractivity (Wildman–Crippen MR) is 176 cm³/mol. The molecule has 1 aromatic carbocycles. The third kappa shape index (κ3) is 12.3. The summed E-state index contributed by atoms with van der Waals surface area (Å²) in [6.45, 7) is 7.13. The normalized spacial score (nSPS) is 19.5. The van der Waals surface area contributed by atoms with Gasteiger partial charge in [-0.2, -0.15) is 13.2 Å². The Morgan fingerprint density at radius 3 is 2.10 bits per heavy atom. The molecule has 0 bridgehead atoms. The minimum absolute atomic E-state index is 0.0280. The highest BCUT2D eigenvalue weighted by Gasteiger charge is 2.44. The van der Waals surface area contributed by atoms with Crippen LogP contribution in [0.25, 0.3) is 0 Å². The molecule has 0 saturated carbocycles. The zero-order chi connectivity index (χ0) is 37.0. The largest absolute Gasteiger partial charge is 0.445 e. The third-order valence-corrected chi connectivity index (χ3v) is 8.75. The smallest absolute Gasteiger partial charge is 0.408 e. The first kappa shape index (κ1) is 40.2. The molecule has 0 radical (unpaired) electrons. The fraction of sp³-hybridized carbons (Fsp3) is 0.647. The Hall–Kier alpha value is -4.21. The summed E-state index contributed by atoms with van der Waals surface area (Å²) in [7, 11) is 0. The van der Waals surface area contributed by atoms with Crippen molar-refractivity contribution in [1.82, 2.24) is 31.5 Å². The van der Waals surface area contributed by atoms with Gasteiger partial charge in [0.1, 0.15) is 25.0 Å². The molecule has 2 fully saturated rings. The van der Waals surface area contributed by atoms with E-state index in [9.17, 15) is 41.9 Å². The number of nitrogens with zero attached hydrogens (tertiary/aromatic N) is 1. The minimum Gasteiger partial charge on any atom is -0.445 e. The van der Waals surface area contributed by atoms with Crippen LogP contribution in [0.4, 0.5) is 18.0 Å². The van der Waals surface area contributed by atoms with E-state index < -0.39 is 71.8 Å². The lowest BCUT2D eigenvalue weighted by Crippen LogP contribution is -2.60. The maximum Gasteiger partial charge on any atom is 0.408 e. The summed E-state index contributed by atoms with van der Waals surface area (Å²) in [5, 5.41) is 13.0. The minimum atomic E-state index is -4.34. The number of aldehydes is 1. The van der Waals surface area contributed by atoms with E-state index in [0.29, 0.717) is 18.4 Å². The topological polar surface area (TPSA) is 175 Å². The van der Waals surface area contributed by atoms with Crippen molar-refractivity contribution in [2.75, 3.05) is 26.2 Å². The molecule has 2 aliphatic heterocycles. The Morgan fingerprint density at radius 1 is 0.920 bits per heavy atom. The van der Waals surface area contributed by atoms with Crippen LogP contribution in [0.1, 0.15) is 58.9 Å². The lowest BCUT2D eigenvalue weighted by atomic mass is 9.84. The number of hydrogen-bond donors (Lipinski definition) is 5. The fourth-order valence-corrected chi connectivity index (χ4v) is 6.18. The molecule has 278 valence electrons.